The lowest BCUT2D eigenvalue weighted by Gasteiger charge is -2.22. The molecule has 0 fully saturated rings. The Morgan fingerprint density at radius 3 is 2.70 bits per heavy atom. The minimum atomic E-state index is -0.240. The van der Waals surface area contributed by atoms with Crippen molar-refractivity contribution in [1.82, 2.24) is 10.3 Å². The molecule has 2 amide bonds. The number of fused-ring (bicyclic) bond motifs is 2. The summed E-state index contributed by atoms with van der Waals surface area (Å²) in [5.74, 6) is 1.22. The number of hydrogen-bond donors (Lipinski definition) is 1. The molecule has 0 unspecified atom stereocenters. The van der Waals surface area contributed by atoms with Crippen LogP contribution in [0.3, 0.4) is 0 Å². The highest BCUT2D eigenvalue weighted by Crippen LogP contribution is 2.38. The zero-order valence-corrected chi connectivity index (χ0v) is 19.0. The summed E-state index contributed by atoms with van der Waals surface area (Å²) < 4.78 is 11.6. The van der Waals surface area contributed by atoms with Crippen molar-refractivity contribution < 1.29 is 19.1 Å². The van der Waals surface area contributed by atoms with E-state index in [9.17, 15) is 9.59 Å². The standard InChI is InChI=1S/C26H27N3O4/c1-17(2)32-20-9-7-19(8-10-20)16-28-24(30)12-14-29-22-15-18(3)6-11-23(22)33-25-21(26(29)31)5-4-13-27-25/h4-11,13,15,17H,12,14,16H2,1-3H3,(H,28,30). The molecule has 1 aromatic heterocycles. The Bertz CT molecular complexity index is 1160. The van der Waals surface area contributed by atoms with Crippen LogP contribution < -0.4 is 19.7 Å². The fourth-order valence-electron chi connectivity index (χ4n) is 3.60. The number of hydrogen-bond acceptors (Lipinski definition) is 5. The molecular formula is C26H27N3O4. The SMILES string of the molecule is Cc1ccc2c(c1)N(CCC(=O)NCc1ccc(OC(C)C)cc1)C(=O)c1cccnc1O2. The van der Waals surface area contributed by atoms with Crippen molar-refractivity contribution in [2.45, 2.75) is 39.8 Å². The molecule has 2 heterocycles. The van der Waals surface area contributed by atoms with Crippen molar-refractivity contribution in [2.24, 2.45) is 0 Å². The highest BCUT2D eigenvalue weighted by Gasteiger charge is 2.29. The quantitative estimate of drug-likeness (QED) is 0.573. The van der Waals surface area contributed by atoms with Crippen LogP contribution in [0, 0.1) is 6.92 Å². The van der Waals surface area contributed by atoms with Crippen LogP contribution in [0.2, 0.25) is 0 Å². The van der Waals surface area contributed by atoms with Crippen LogP contribution in [-0.2, 0) is 11.3 Å². The summed E-state index contributed by atoms with van der Waals surface area (Å²) in [4.78, 5) is 31.6. The minimum Gasteiger partial charge on any atom is -0.491 e. The third-order valence-electron chi connectivity index (χ3n) is 5.21. The second-order valence-corrected chi connectivity index (χ2v) is 8.22. The van der Waals surface area contributed by atoms with E-state index in [-0.39, 0.29) is 36.8 Å². The van der Waals surface area contributed by atoms with Gasteiger partial charge in [-0.2, -0.15) is 0 Å². The van der Waals surface area contributed by atoms with Gasteiger partial charge in [0.2, 0.25) is 11.8 Å². The topological polar surface area (TPSA) is 80.8 Å². The first-order chi connectivity index (χ1) is 15.9. The predicted octanol–water partition coefficient (Wildman–Crippen LogP) is 4.64. The molecule has 0 bridgehead atoms. The van der Waals surface area contributed by atoms with Crippen LogP contribution in [-0.4, -0.2) is 29.4 Å². The third-order valence-corrected chi connectivity index (χ3v) is 5.21. The summed E-state index contributed by atoms with van der Waals surface area (Å²) in [7, 11) is 0. The molecule has 0 saturated heterocycles. The minimum absolute atomic E-state index is 0.110. The van der Waals surface area contributed by atoms with Crippen LogP contribution in [0.1, 0.15) is 41.8 Å². The first-order valence-electron chi connectivity index (χ1n) is 11.0. The molecule has 33 heavy (non-hydrogen) atoms. The van der Waals surface area contributed by atoms with Gasteiger partial charge in [-0.3, -0.25) is 9.59 Å². The third kappa shape index (κ3) is 5.31. The lowest BCUT2D eigenvalue weighted by atomic mass is 10.1. The number of benzene rings is 2. The van der Waals surface area contributed by atoms with Crippen LogP contribution in [0.15, 0.2) is 60.8 Å². The first-order valence-corrected chi connectivity index (χ1v) is 11.0. The maximum absolute atomic E-state index is 13.3. The van der Waals surface area contributed by atoms with Gasteiger partial charge in [-0.25, -0.2) is 4.98 Å². The number of aryl methyl sites for hydroxylation is 1. The normalized spacial score (nSPS) is 12.5. The summed E-state index contributed by atoms with van der Waals surface area (Å²) in [6.07, 6.45) is 1.85. The van der Waals surface area contributed by atoms with Crippen molar-refractivity contribution >= 4 is 17.5 Å². The van der Waals surface area contributed by atoms with Crippen LogP contribution in [0.5, 0.6) is 17.4 Å². The van der Waals surface area contributed by atoms with Crippen molar-refractivity contribution in [1.29, 1.82) is 0 Å². The maximum Gasteiger partial charge on any atom is 0.263 e. The number of carbonyl (C=O) groups is 2. The van der Waals surface area contributed by atoms with E-state index in [1.165, 1.54) is 0 Å². The number of nitrogens with one attached hydrogen (secondary N) is 1. The molecule has 0 saturated carbocycles. The highest BCUT2D eigenvalue weighted by molar-refractivity contribution is 6.09. The molecule has 3 aromatic rings. The summed E-state index contributed by atoms with van der Waals surface area (Å²) in [5, 5.41) is 2.92. The van der Waals surface area contributed by atoms with E-state index in [2.05, 4.69) is 10.3 Å². The zero-order chi connectivity index (χ0) is 23.4. The number of nitrogens with zero attached hydrogens (tertiary/aromatic N) is 2. The molecule has 7 nitrogen and oxygen atoms in total. The fourth-order valence-corrected chi connectivity index (χ4v) is 3.60. The van der Waals surface area contributed by atoms with Gasteiger partial charge in [-0.05, 0) is 68.3 Å². The average molecular weight is 446 g/mol. The highest BCUT2D eigenvalue weighted by atomic mass is 16.5. The molecule has 1 aliphatic rings. The molecule has 2 aromatic carbocycles. The van der Waals surface area contributed by atoms with Crippen LogP contribution in [0.25, 0.3) is 0 Å². The van der Waals surface area contributed by atoms with Gasteiger partial charge in [-0.1, -0.05) is 18.2 Å². The number of aromatic nitrogens is 1. The Balaban J connectivity index is 1.43. The summed E-state index contributed by atoms with van der Waals surface area (Å²) in [6, 6.07) is 16.6. The monoisotopic (exact) mass is 445 g/mol. The van der Waals surface area contributed by atoms with Crippen molar-refractivity contribution in [3.63, 3.8) is 0 Å². The Hall–Kier alpha value is -3.87. The molecule has 170 valence electrons. The maximum atomic E-state index is 13.3. The van der Waals surface area contributed by atoms with E-state index < -0.39 is 0 Å². The van der Waals surface area contributed by atoms with Gasteiger partial charge >= 0.3 is 0 Å². The lowest BCUT2D eigenvalue weighted by Crippen LogP contribution is -2.35. The number of anilines is 1. The van der Waals surface area contributed by atoms with Crippen molar-refractivity contribution in [2.75, 3.05) is 11.4 Å². The molecule has 1 aliphatic heterocycles. The van der Waals surface area contributed by atoms with Gasteiger partial charge in [0.1, 0.15) is 11.3 Å². The Morgan fingerprint density at radius 1 is 1.15 bits per heavy atom. The van der Waals surface area contributed by atoms with E-state index in [0.29, 0.717) is 23.5 Å². The number of carbonyl (C=O) groups excluding carboxylic acids is 2. The molecule has 0 spiro atoms. The molecule has 1 N–H and O–H groups in total. The molecule has 0 radical (unpaired) electrons. The van der Waals surface area contributed by atoms with Crippen LogP contribution in [0.4, 0.5) is 5.69 Å². The lowest BCUT2D eigenvalue weighted by molar-refractivity contribution is -0.121. The number of amides is 2. The van der Waals surface area contributed by atoms with E-state index in [1.54, 1.807) is 23.2 Å². The van der Waals surface area contributed by atoms with Crippen molar-refractivity contribution in [3.05, 3.63) is 77.5 Å². The van der Waals surface area contributed by atoms with Gasteiger partial charge in [0.05, 0.1) is 11.8 Å². The number of ether oxygens (including phenoxy) is 2. The molecule has 7 heteroatoms. The van der Waals surface area contributed by atoms with E-state index in [4.69, 9.17) is 9.47 Å². The van der Waals surface area contributed by atoms with Gasteiger partial charge in [0.15, 0.2) is 5.75 Å². The second kappa shape index (κ2) is 9.73. The second-order valence-electron chi connectivity index (χ2n) is 8.22. The fraction of sp³-hybridized carbons (Fsp3) is 0.269. The van der Waals surface area contributed by atoms with Crippen LogP contribution >= 0.6 is 0 Å². The van der Waals surface area contributed by atoms with Gasteiger partial charge in [0.25, 0.3) is 5.91 Å². The van der Waals surface area contributed by atoms with Gasteiger partial charge in [0, 0.05) is 25.7 Å². The Kier molecular flexibility index (Phi) is 6.58. The van der Waals surface area contributed by atoms with Gasteiger partial charge < -0.3 is 19.7 Å². The first kappa shape index (κ1) is 22.3. The van der Waals surface area contributed by atoms with E-state index >= 15 is 0 Å². The van der Waals surface area contributed by atoms with Crippen molar-refractivity contribution in [3.8, 4) is 17.4 Å². The average Bonchev–Trinajstić information content (AvgIpc) is 2.91. The summed E-state index contributed by atoms with van der Waals surface area (Å²) in [6.45, 7) is 6.53. The molecule has 4 rings (SSSR count). The number of rotatable bonds is 7. The van der Waals surface area contributed by atoms with Gasteiger partial charge in [-0.15, -0.1) is 0 Å². The molecular weight excluding hydrogens is 418 g/mol. The summed E-state index contributed by atoms with van der Waals surface area (Å²) in [5.41, 5.74) is 2.96. The Labute approximate surface area is 193 Å². The smallest absolute Gasteiger partial charge is 0.263 e. The molecule has 0 aliphatic carbocycles. The number of pyridine rings is 1. The predicted molar refractivity (Wildman–Crippen MR) is 126 cm³/mol. The summed E-state index contributed by atoms with van der Waals surface area (Å²) >= 11 is 0. The zero-order valence-electron chi connectivity index (χ0n) is 19.0. The van der Waals surface area contributed by atoms with E-state index in [1.807, 2.05) is 63.2 Å². The molecule has 0 atom stereocenters. The largest absolute Gasteiger partial charge is 0.491 e. The Morgan fingerprint density at radius 2 is 1.94 bits per heavy atom. The van der Waals surface area contributed by atoms with E-state index in [0.717, 1.165) is 16.9 Å².